The molecule has 0 aliphatic heterocycles. The molecule has 0 saturated carbocycles. The fraction of sp³-hybridized carbons (Fsp3) is 0.200. The highest BCUT2D eigenvalue weighted by atomic mass is 16.2. The van der Waals surface area contributed by atoms with Crippen molar-refractivity contribution in [3.63, 3.8) is 0 Å². The van der Waals surface area contributed by atoms with E-state index in [0.717, 1.165) is 19.3 Å². The van der Waals surface area contributed by atoms with Gasteiger partial charge in [-0.25, -0.2) is 5.10 Å². The summed E-state index contributed by atoms with van der Waals surface area (Å²) in [5.74, 6) is -1.00. The van der Waals surface area contributed by atoms with Gasteiger partial charge in [-0.1, -0.05) is 24.3 Å². The van der Waals surface area contributed by atoms with Crippen molar-refractivity contribution < 1.29 is 9.59 Å². The monoisotopic (exact) mass is 362 g/mol. The summed E-state index contributed by atoms with van der Waals surface area (Å²) in [4.78, 5) is 36.6. The van der Waals surface area contributed by atoms with Gasteiger partial charge >= 0.3 is 0 Å². The number of nitrogens with one attached hydrogen (secondary N) is 3. The number of hydrazine groups is 1. The number of aryl methyl sites for hydroxylation is 2. The predicted octanol–water partition coefficient (Wildman–Crippen LogP) is 1.88. The summed E-state index contributed by atoms with van der Waals surface area (Å²) in [7, 11) is 0. The van der Waals surface area contributed by atoms with Gasteiger partial charge in [0.2, 0.25) is 0 Å². The van der Waals surface area contributed by atoms with E-state index in [1.807, 2.05) is 12.1 Å². The Morgan fingerprint density at radius 2 is 1.59 bits per heavy atom. The Kier molecular flexibility index (Phi) is 4.42. The van der Waals surface area contributed by atoms with Gasteiger partial charge in [0.1, 0.15) is 0 Å². The quantitative estimate of drug-likeness (QED) is 0.606. The van der Waals surface area contributed by atoms with E-state index in [9.17, 15) is 14.4 Å². The van der Waals surface area contributed by atoms with E-state index in [0.29, 0.717) is 16.3 Å². The fourth-order valence-corrected chi connectivity index (χ4v) is 3.41. The Bertz CT molecular complexity index is 1100. The van der Waals surface area contributed by atoms with E-state index in [4.69, 9.17) is 0 Å². The third kappa shape index (κ3) is 3.31. The van der Waals surface area contributed by atoms with Crippen LogP contribution in [0.3, 0.4) is 0 Å². The number of amides is 2. The van der Waals surface area contributed by atoms with Crippen LogP contribution in [0.25, 0.3) is 10.8 Å². The molecule has 7 heteroatoms. The van der Waals surface area contributed by atoms with Crippen LogP contribution in [0.5, 0.6) is 0 Å². The summed E-state index contributed by atoms with van der Waals surface area (Å²) >= 11 is 0. The SMILES string of the molecule is O=C(NNC(=O)c1n[nH]c(=O)c2ccccc12)c1ccc2c(c1)CCCC2. The van der Waals surface area contributed by atoms with E-state index in [1.54, 1.807) is 30.3 Å². The summed E-state index contributed by atoms with van der Waals surface area (Å²) in [5, 5.41) is 6.89. The molecule has 0 spiro atoms. The van der Waals surface area contributed by atoms with E-state index in [-0.39, 0.29) is 11.3 Å². The number of rotatable bonds is 2. The molecule has 0 atom stereocenters. The number of benzene rings is 2. The first kappa shape index (κ1) is 17.0. The number of carbonyl (C=O) groups is 2. The standard InChI is InChI=1S/C20H18N4O3/c25-18(14-10-9-12-5-1-2-6-13(12)11-14)22-24-20(27)17-15-7-3-4-8-16(15)19(26)23-21-17/h3-4,7-11H,1-2,5-6H2,(H,22,25)(H,23,26)(H,24,27). The van der Waals surface area contributed by atoms with Crippen molar-refractivity contribution in [3.05, 3.63) is 75.2 Å². The van der Waals surface area contributed by atoms with E-state index < -0.39 is 11.8 Å². The summed E-state index contributed by atoms with van der Waals surface area (Å²) in [6, 6.07) is 12.3. The molecule has 1 heterocycles. The van der Waals surface area contributed by atoms with Crippen molar-refractivity contribution in [2.75, 3.05) is 0 Å². The van der Waals surface area contributed by atoms with Crippen molar-refractivity contribution in [1.29, 1.82) is 0 Å². The van der Waals surface area contributed by atoms with Crippen molar-refractivity contribution in [1.82, 2.24) is 21.0 Å². The second-order valence-corrected chi connectivity index (χ2v) is 6.55. The number of hydrogen-bond donors (Lipinski definition) is 3. The van der Waals surface area contributed by atoms with Crippen LogP contribution >= 0.6 is 0 Å². The minimum absolute atomic E-state index is 0.0379. The molecule has 1 aliphatic carbocycles. The first-order chi connectivity index (χ1) is 13.1. The van der Waals surface area contributed by atoms with Crippen molar-refractivity contribution >= 4 is 22.6 Å². The maximum Gasteiger partial charge on any atom is 0.290 e. The van der Waals surface area contributed by atoms with Gasteiger partial charge in [-0.3, -0.25) is 25.2 Å². The Labute approximate surface area is 154 Å². The molecule has 2 amide bonds. The topological polar surface area (TPSA) is 104 Å². The van der Waals surface area contributed by atoms with E-state index in [2.05, 4.69) is 21.0 Å². The molecule has 0 saturated heterocycles. The minimum Gasteiger partial charge on any atom is -0.267 e. The zero-order valence-electron chi connectivity index (χ0n) is 14.5. The highest BCUT2D eigenvalue weighted by Gasteiger charge is 2.16. The molecule has 136 valence electrons. The zero-order valence-corrected chi connectivity index (χ0v) is 14.5. The van der Waals surface area contributed by atoms with Crippen molar-refractivity contribution in [2.24, 2.45) is 0 Å². The number of fused-ring (bicyclic) bond motifs is 2. The van der Waals surface area contributed by atoms with Crippen LogP contribution in [-0.2, 0) is 12.8 Å². The minimum atomic E-state index is -0.603. The lowest BCUT2D eigenvalue weighted by Crippen LogP contribution is -2.42. The molecule has 0 bridgehead atoms. The molecular formula is C20H18N4O3. The number of aromatic amines is 1. The molecule has 2 aromatic carbocycles. The maximum absolute atomic E-state index is 12.4. The van der Waals surface area contributed by atoms with Gasteiger partial charge in [0.05, 0.1) is 5.39 Å². The smallest absolute Gasteiger partial charge is 0.267 e. The largest absolute Gasteiger partial charge is 0.290 e. The lowest BCUT2D eigenvalue weighted by atomic mass is 9.90. The molecule has 0 fully saturated rings. The van der Waals surface area contributed by atoms with Gasteiger partial charge in [0.15, 0.2) is 5.69 Å². The molecule has 1 aliphatic rings. The maximum atomic E-state index is 12.4. The molecule has 3 aromatic rings. The summed E-state index contributed by atoms with van der Waals surface area (Å²) in [6.45, 7) is 0. The predicted molar refractivity (Wildman–Crippen MR) is 100 cm³/mol. The second kappa shape index (κ2) is 7.03. The Hall–Kier alpha value is -3.48. The summed E-state index contributed by atoms with van der Waals surface area (Å²) in [5.41, 5.74) is 7.41. The average molecular weight is 362 g/mol. The van der Waals surface area contributed by atoms with E-state index in [1.165, 1.54) is 17.5 Å². The van der Waals surface area contributed by atoms with Gasteiger partial charge < -0.3 is 0 Å². The van der Waals surface area contributed by atoms with Crippen LogP contribution in [0.2, 0.25) is 0 Å². The van der Waals surface area contributed by atoms with Crippen molar-refractivity contribution in [2.45, 2.75) is 25.7 Å². The normalized spacial score (nSPS) is 13.0. The molecule has 3 N–H and O–H groups in total. The number of nitrogens with zero attached hydrogens (tertiary/aromatic N) is 1. The Morgan fingerprint density at radius 1 is 0.889 bits per heavy atom. The molecule has 27 heavy (non-hydrogen) atoms. The van der Waals surface area contributed by atoms with Gasteiger partial charge in [-0.2, -0.15) is 5.10 Å². The lowest BCUT2D eigenvalue weighted by molar-refractivity contribution is 0.0844. The molecule has 0 radical (unpaired) electrons. The van der Waals surface area contributed by atoms with Gasteiger partial charge in [0, 0.05) is 10.9 Å². The van der Waals surface area contributed by atoms with Gasteiger partial charge in [0.25, 0.3) is 17.4 Å². The Morgan fingerprint density at radius 3 is 2.41 bits per heavy atom. The molecule has 4 rings (SSSR count). The fourth-order valence-electron chi connectivity index (χ4n) is 3.41. The van der Waals surface area contributed by atoms with Gasteiger partial charge in [-0.15, -0.1) is 0 Å². The lowest BCUT2D eigenvalue weighted by Gasteiger charge is -2.16. The van der Waals surface area contributed by atoms with Crippen LogP contribution in [0.1, 0.15) is 44.8 Å². The highest BCUT2D eigenvalue weighted by molar-refractivity contribution is 6.05. The van der Waals surface area contributed by atoms with Crippen LogP contribution in [-0.4, -0.2) is 22.0 Å². The highest BCUT2D eigenvalue weighted by Crippen LogP contribution is 2.22. The van der Waals surface area contributed by atoms with Crippen LogP contribution < -0.4 is 16.4 Å². The zero-order chi connectivity index (χ0) is 18.8. The first-order valence-electron chi connectivity index (χ1n) is 8.83. The molecule has 7 nitrogen and oxygen atoms in total. The number of H-pyrrole nitrogens is 1. The number of aromatic nitrogens is 2. The third-order valence-electron chi connectivity index (χ3n) is 4.81. The molecule has 1 aromatic heterocycles. The first-order valence-corrected chi connectivity index (χ1v) is 8.83. The molecule has 0 unspecified atom stereocenters. The molecular weight excluding hydrogens is 344 g/mol. The second-order valence-electron chi connectivity index (χ2n) is 6.55. The van der Waals surface area contributed by atoms with Crippen LogP contribution in [0.4, 0.5) is 0 Å². The van der Waals surface area contributed by atoms with Crippen molar-refractivity contribution in [3.8, 4) is 0 Å². The third-order valence-corrected chi connectivity index (χ3v) is 4.81. The van der Waals surface area contributed by atoms with E-state index >= 15 is 0 Å². The summed E-state index contributed by atoms with van der Waals surface area (Å²) in [6.07, 6.45) is 4.31. The number of hydrogen-bond acceptors (Lipinski definition) is 4. The number of carbonyl (C=O) groups excluding carboxylic acids is 2. The van der Waals surface area contributed by atoms with Crippen LogP contribution in [0.15, 0.2) is 47.3 Å². The van der Waals surface area contributed by atoms with Gasteiger partial charge in [-0.05, 0) is 55.0 Å². The Balaban J connectivity index is 1.51. The summed E-state index contributed by atoms with van der Waals surface area (Å²) < 4.78 is 0. The average Bonchev–Trinajstić information content (AvgIpc) is 2.72. The van der Waals surface area contributed by atoms with Crippen LogP contribution in [0, 0.1) is 0 Å².